The second-order valence-electron chi connectivity index (χ2n) is 6.21. The lowest BCUT2D eigenvalue weighted by Gasteiger charge is -2.19. The van der Waals surface area contributed by atoms with Gasteiger partial charge in [-0.15, -0.1) is 12.4 Å². The standard InChI is InChI=1S/C17H20Cl2N4O2.ClH/c1-23-9-10(5-22-23)11-6-20-7-12(11)17(25)21-8-15(24)16-13(18)3-2-4-14(16)19;/h2-5,9,11-12,15,20,24H,6-8H2,1H3,(H,21,25);1H/t11-,12+,15?;/m1./s1. The summed E-state index contributed by atoms with van der Waals surface area (Å²) in [5.41, 5.74) is 1.46. The summed E-state index contributed by atoms with van der Waals surface area (Å²) in [5.74, 6) is -0.256. The normalized spacial score (nSPS) is 20.5. The number of aromatic nitrogens is 2. The van der Waals surface area contributed by atoms with Gasteiger partial charge in [0.15, 0.2) is 0 Å². The number of aliphatic hydroxyl groups excluding tert-OH is 1. The maximum atomic E-state index is 12.6. The fourth-order valence-electron chi connectivity index (χ4n) is 3.20. The van der Waals surface area contributed by atoms with Crippen molar-refractivity contribution in [3.8, 4) is 0 Å². The van der Waals surface area contributed by atoms with Crippen molar-refractivity contribution in [3.05, 3.63) is 51.8 Å². The highest BCUT2D eigenvalue weighted by molar-refractivity contribution is 6.36. The summed E-state index contributed by atoms with van der Waals surface area (Å²) < 4.78 is 1.73. The van der Waals surface area contributed by atoms with Crippen molar-refractivity contribution in [2.24, 2.45) is 13.0 Å². The molecule has 3 rings (SSSR count). The van der Waals surface area contributed by atoms with E-state index in [0.717, 1.165) is 12.1 Å². The van der Waals surface area contributed by atoms with Gasteiger partial charge in [0.25, 0.3) is 0 Å². The number of hydrogen-bond acceptors (Lipinski definition) is 4. The van der Waals surface area contributed by atoms with Gasteiger partial charge in [0, 0.05) is 54.4 Å². The third kappa shape index (κ3) is 4.50. The number of carbonyl (C=O) groups is 1. The van der Waals surface area contributed by atoms with E-state index in [1.807, 2.05) is 13.2 Å². The van der Waals surface area contributed by atoms with E-state index in [-0.39, 0.29) is 36.7 Å². The van der Waals surface area contributed by atoms with Crippen molar-refractivity contribution in [1.29, 1.82) is 0 Å². The summed E-state index contributed by atoms with van der Waals surface area (Å²) in [6.07, 6.45) is 2.75. The van der Waals surface area contributed by atoms with Crippen molar-refractivity contribution < 1.29 is 9.90 Å². The summed E-state index contributed by atoms with van der Waals surface area (Å²) in [5, 5.41) is 21.3. The number of amides is 1. The summed E-state index contributed by atoms with van der Waals surface area (Å²) >= 11 is 12.2. The zero-order valence-corrected chi connectivity index (χ0v) is 16.5. The van der Waals surface area contributed by atoms with E-state index in [2.05, 4.69) is 15.7 Å². The number of rotatable bonds is 5. The van der Waals surface area contributed by atoms with Crippen LogP contribution in [0.2, 0.25) is 10.0 Å². The lowest BCUT2D eigenvalue weighted by molar-refractivity contribution is -0.125. The summed E-state index contributed by atoms with van der Waals surface area (Å²) in [4.78, 5) is 12.6. The van der Waals surface area contributed by atoms with Crippen LogP contribution in [-0.2, 0) is 11.8 Å². The monoisotopic (exact) mass is 418 g/mol. The van der Waals surface area contributed by atoms with Gasteiger partial charge in [-0.2, -0.15) is 5.10 Å². The molecule has 1 fully saturated rings. The topological polar surface area (TPSA) is 79.2 Å². The van der Waals surface area contributed by atoms with Crippen LogP contribution in [0.15, 0.2) is 30.6 Å². The second kappa shape index (κ2) is 9.06. The molecular weight excluding hydrogens is 399 g/mol. The lowest BCUT2D eigenvalue weighted by atomic mass is 9.90. The van der Waals surface area contributed by atoms with Gasteiger partial charge in [0.05, 0.1) is 18.2 Å². The van der Waals surface area contributed by atoms with Crippen LogP contribution in [0.3, 0.4) is 0 Å². The molecule has 1 aromatic heterocycles. The van der Waals surface area contributed by atoms with Gasteiger partial charge in [0.2, 0.25) is 5.91 Å². The third-order valence-electron chi connectivity index (χ3n) is 4.51. The Morgan fingerprint density at radius 3 is 2.73 bits per heavy atom. The minimum Gasteiger partial charge on any atom is -0.386 e. The molecule has 1 amide bonds. The number of aliphatic hydroxyl groups is 1. The summed E-state index contributed by atoms with van der Waals surface area (Å²) in [7, 11) is 1.85. The molecule has 1 aromatic carbocycles. The number of benzene rings is 1. The van der Waals surface area contributed by atoms with Gasteiger partial charge < -0.3 is 15.7 Å². The van der Waals surface area contributed by atoms with Crippen LogP contribution in [0.1, 0.15) is 23.1 Å². The van der Waals surface area contributed by atoms with Crippen molar-refractivity contribution in [3.63, 3.8) is 0 Å². The average Bonchev–Trinajstić information content (AvgIpc) is 3.21. The van der Waals surface area contributed by atoms with Crippen molar-refractivity contribution in [2.45, 2.75) is 12.0 Å². The average molecular weight is 420 g/mol. The smallest absolute Gasteiger partial charge is 0.225 e. The van der Waals surface area contributed by atoms with E-state index in [1.54, 1.807) is 29.1 Å². The van der Waals surface area contributed by atoms with E-state index in [9.17, 15) is 9.90 Å². The van der Waals surface area contributed by atoms with Crippen LogP contribution < -0.4 is 10.6 Å². The number of halogens is 3. The Balaban J connectivity index is 0.00000243. The molecule has 0 bridgehead atoms. The highest BCUT2D eigenvalue weighted by atomic mass is 35.5. The van der Waals surface area contributed by atoms with Crippen LogP contribution >= 0.6 is 35.6 Å². The van der Waals surface area contributed by atoms with Gasteiger partial charge >= 0.3 is 0 Å². The van der Waals surface area contributed by atoms with E-state index in [0.29, 0.717) is 22.2 Å². The van der Waals surface area contributed by atoms with Crippen LogP contribution in [0.5, 0.6) is 0 Å². The number of hydrogen-bond donors (Lipinski definition) is 3. The summed E-state index contributed by atoms with van der Waals surface area (Å²) in [6.45, 7) is 1.37. The van der Waals surface area contributed by atoms with E-state index >= 15 is 0 Å². The molecule has 0 spiro atoms. The fraction of sp³-hybridized carbons (Fsp3) is 0.412. The maximum absolute atomic E-state index is 12.6. The van der Waals surface area contributed by atoms with Crippen LogP contribution in [0.25, 0.3) is 0 Å². The Bertz CT molecular complexity index is 748. The van der Waals surface area contributed by atoms with Gasteiger partial charge in [0.1, 0.15) is 0 Å². The SMILES string of the molecule is Cl.Cn1cc([C@H]2CNC[C@@H]2C(=O)NCC(O)c2c(Cl)cccc2Cl)cn1. The first-order valence-electron chi connectivity index (χ1n) is 8.06. The Hall–Kier alpha value is -1.31. The number of nitrogens with one attached hydrogen (secondary N) is 2. The molecule has 3 N–H and O–H groups in total. The highest BCUT2D eigenvalue weighted by Gasteiger charge is 2.34. The van der Waals surface area contributed by atoms with E-state index < -0.39 is 6.10 Å². The molecule has 1 unspecified atom stereocenters. The first kappa shape index (κ1) is 21.0. The minimum absolute atomic E-state index is 0. The molecule has 1 saturated heterocycles. The van der Waals surface area contributed by atoms with E-state index in [1.165, 1.54) is 0 Å². The Kier molecular flexibility index (Phi) is 7.32. The molecule has 0 aliphatic carbocycles. The van der Waals surface area contributed by atoms with Crippen LogP contribution in [-0.4, -0.2) is 40.4 Å². The molecule has 0 radical (unpaired) electrons. The highest BCUT2D eigenvalue weighted by Crippen LogP contribution is 2.31. The molecule has 2 heterocycles. The Morgan fingerprint density at radius 1 is 1.42 bits per heavy atom. The van der Waals surface area contributed by atoms with Crippen molar-refractivity contribution in [2.75, 3.05) is 19.6 Å². The molecule has 1 aliphatic rings. The van der Waals surface area contributed by atoms with Crippen molar-refractivity contribution >= 4 is 41.5 Å². The lowest BCUT2D eigenvalue weighted by Crippen LogP contribution is -2.36. The number of nitrogens with zero attached hydrogens (tertiary/aromatic N) is 2. The number of carbonyl (C=O) groups excluding carboxylic acids is 1. The van der Waals surface area contributed by atoms with Crippen LogP contribution in [0, 0.1) is 5.92 Å². The molecule has 142 valence electrons. The van der Waals surface area contributed by atoms with Gasteiger partial charge in [-0.25, -0.2) is 0 Å². The minimum atomic E-state index is -0.962. The maximum Gasteiger partial charge on any atom is 0.225 e. The largest absolute Gasteiger partial charge is 0.386 e. The zero-order valence-electron chi connectivity index (χ0n) is 14.2. The summed E-state index contributed by atoms with van der Waals surface area (Å²) in [6, 6.07) is 5.03. The number of aryl methyl sites for hydroxylation is 1. The molecule has 26 heavy (non-hydrogen) atoms. The van der Waals surface area contributed by atoms with Crippen molar-refractivity contribution in [1.82, 2.24) is 20.4 Å². The predicted molar refractivity (Wildman–Crippen MR) is 104 cm³/mol. The third-order valence-corrected chi connectivity index (χ3v) is 5.17. The fourth-order valence-corrected chi connectivity index (χ4v) is 3.84. The zero-order chi connectivity index (χ0) is 18.0. The quantitative estimate of drug-likeness (QED) is 0.695. The molecule has 0 saturated carbocycles. The van der Waals surface area contributed by atoms with Gasteiger partial charge in [-0.1, -0.05) is 29.3 Å². The molecule has 3 atom stereocenters. The van der Waals surface area contributed by atoms with Gasteiger partial charge in [-0.05, 0) is 17.7 Å². The predicted octanol–water partition coefficient (Wildman–Crippen LogP) is 2.30. The molecule has 2 aromatic rings. The van der Waals surface area contributed by atoms with Crippen LogP contribution in [0.4, 0.5) is 0 Å². The molecule has 1 aliphatic heterocycles. The first-order valence-corrected chi connectivity index (χ1v) is 8.82. The Labute approximate surface area is 168 Å². The molecular formula is C17H21Cl3N4O2. The molecule has 9 heteroatoms. The first-order chi connectivity index (χ1) is 12.0. The van der Waals surface area contributed by atoms with Gasteiger partial charge in [-0.3, -0.25) is 9.48 Å². The Morgan fingerprint density at radius 2 is 2.12 bits per heavy atom. The molecule has 6 nitrogen and oxygen atoms in total. The van der Waals surface area contributed by atoms with E-state index in [4.69, 9.17) is 23.2 Å². The second-order valence-corrected chi connectivity index (χ2v) is 7.03.